The van der Waals surface area contributed by atoms with Crippen molar-refractivity contribution in [3.05, 3.63) is 0 Å². The maximum atomic E-state index is 12.4. The Morgan fingerprint density at radius 1 is 0.870 bits per heavy atom. The highest BCUT2D eigenvalue weighted by atomic mass is 35.5. The predicted octanol–water partition coefficient (Wildman–Crippen LogP) is 1.96. The van der Waals surface area contributed by atoms with Gasteiger partial charge in [-0.3, -0.25) is 0 Å². The maximum absolute atomic E-state index is 12.4. The van der Waals surface area contributed by atoms with Crippen molar-refractivity contribution in [1.29, 1.82) is 0 Å². The molecular formula is C17H31ClN4O. The maximum Gasteiger partial charge on any atom is 0.318 e. The molecule has 0 aromatic heterocycles. The minimum Gasteiger partial charge on any atom is -0.333 e. The number of piperidine rings is 2. The van der Waals surface area contributed by atoms with Crippen molar-refractivity contribution in [2.45, 2.75) is 75.5 Å². The molecule has 132 valence electrons. The van der Waals surface area contributed by atoms with Gasteiger partial charge in [0.15, 0.2) is 0 Å². The standard InChI is InChI=1S/C17H30N4O.ClH/c22-17-19-15-3-1-2-4-16(15)21(17)14-7-11-20(12-8-14)13-5-9-18-10-6-13;/h13-16,18H,1-12H2,(H,19,22);1H. The number of fused-ring (bicyclic) bond motifs is 1. The van der Waals surface area contributed by atoms with Crippen molar-refractivity contribution < 1.29 is 4.79 Å². The van der Waals surface area contributed by atoms with Crippen LogP contribution in [0.1, 0.15) is 51.4 Å². The highest BCUT2D eigenvalue weighted by molar-refractivity contribution is 5.85. The largest absolute Gasteiger partial charge is 0.333 e. The summed E-state index contributed by atoms with van der Waals surface area (Å²) < 4.78 is 0. The van der Waals surface area contributed by atoms with Gasteiger partial charge in [0.25, 0.3) is 0 Å². The number of nitrogens with one attached hydrogen (secondary N) is 2. The Morgan fingerprint density at radius 2 is 1.57 bits per heavy atom. The van der Waals surface area contributed by atoms with E-state index >= 15 is 0 Å². The summed E-state index contributed by atoms with van der Waals surface area (Å²) in [6, 6.07) is 2.39. The Labute approximate surface area is 145 Å². The lowest BCUT2D eigenvalue weighted by Crippen LogP contribution is -2.53. The van der Waals surface area contributed by atoms with Gasteiger partial charge in [0.1, 0.15) is 0 Å². The minimum absolute atomic E-state index is 0. The topological polar surface area (TPSA) is 47.6 Å². The number of rotatable bonds is 2. The van der Waals surface area contributed by atoms with E-state index in [1.807, 2.05) is 0 Å². The lowest BCUT2D eigenvalue weighted by Gasteiger charge is -2.43. The van der Waals surface area contributed by atoms with Gasteiger partial charge in [-0.25, -0.2) is 4.79 Å². The second-order valence-electron chi connectivity index (χ2n) is 7.56. The number of hydrogen-bond acceptors (Lipinski definition) is 3. The molecule has 4 aliphatic rings. The number of nitrogens with zero attached hydrogens (tertiary/aromatic N) is 2. The third-order valence-electron chi connectivity index (χ3n) is 6.35. The van der Waals surface area contributed by atoms with E-state index in [-0.39, 0.29) is 18.4 Å². The number of carbonyl (C=O) groups excluding carboxylic acids is 1. The van der Waals surface area contributed by atoms with Crippen LogP contribution < -0.4 is 10.6 Å². The summed E-state index contributed by atoms with van der Waals surface area (Å²) in [6.45, 7) is 4.69. The van der Waals surface area contributed by atoms with Crippen LogP contribution in [0.2, 0.25) is 0 Å². The van der Waals surface area contributed by atoms with Gasteiger partial charge in [0, 0.05) is 25.2 Å². The second kappa shape index (κ2) is 7.58. The van der Waals surface area contributed by atoms with Crippen LogP contribution in [0.25, 0.3) is 0 Å². The predicted molar refractivity (Wildman–Crippen MR) is 94.1 cm³/mol. The third-order valence-corrected chi connectivity index (χ3v) is 6.35. The van der Waals surface area contributed by atoms with E-state index in [9.17, 15) is 4.79 Å². The van der Waals surface area contributed by atoms with Crippen molar-refractivity contribution >= 4 is 18.4 Å². The van der Waals surface area contributed by atoms with Crippen molar-refractivity contribution in [3.8, 4) is 0 Å². The average molecular weight is 343 g/mol. The fourth-order valence-corrected chi connectivity index (χ4v) is 5.13. The zero-order chi connectivity index (χ0) is 14.9. The average Bonchev–Trinajstić information content (AvgIpc) is 2.91. The van der Waals surface area contributed by atoms with E-state index in [4.69, 9.17) is 0 Å². The summed E-state index contributed by atoms with van der Waals surface area (Å²) in [4.78, 5) is 17.3. The fourth-order valence-electron chi connectivity index (χ4n) is 5.13. The Morgan fingerprint density at radius 3 is 2.30 bits per heavy atom. The van der Waals surface area contributed by atoms with Gasteiger partial charge in [0.05, 0.1) is 12.1 Å². The van der Waals surface area contributed by atoms with Crippen LogP contribution in [0, 0.1) is 0 Å². The molecular weight excluding hydrogens is 312 g/mol. The van der Waals surface area contributed by atoms with E-state index < -0.39 is 0 Å². The van der Waals surface area contributed by atoms with Gasteiger partial charge in [-0.05, 0) is 51.6 Å². The molecule has 1 saturated carbocycles. The number of amides is 2. The lowest BCUT2D eigenvalue weighted by molar-refractivity contribution is 0.0725. The summed E-state index contributed by atoms with van der Waals surface area (Å²) >= 11 is 0. The third kappa shape index (κ3) is 3.47. The van der Waals surface area contributed by atoms with Crippen LogP contribution in [0.15, 0.2) is 0 Å². The molecule has 2 N–H and O–H groups in total. The summed E-state index contributed by atoms with van der Waals surface area (Å²) in [5.41, 5.74) is 0. The van der Waals surface area contributed by atoms with Crippen LogP contribution in [0.4, 0.5) is 4.79 Å². The summed E-state index contributed by atoms with van der Waals surface area (Å²) in [5.74, 6) is 0. The van der Waals surface area contributed by atoms with Crippen LogP contribution in [0.5, 0.6) is 0 Å². The highest BCUT2D eigenvalue weighted by Crippen LogP contribution is 2.32. The van der Waals surface area contributed by atoms with E-state index in [0.717, 1.165) is 6.04 Å². The smallest absolute Gasteiger partial charge is 0.318 e. The molecule has 4 rings (SSSR count). The molecule has 4 fully saturated rings. The van der Waals surface area contributed by atoms with Gasteiger partial charge in [-0.1, -0.05) is 12.8 Å². The molecule has 3 saturated heterocycles. The number of urea groups is 1. The first-order valence-electron chi connectivity index (χ1n) is 9.36. The van der Waals surface area contributed by atoms with Crippen molar-refractivity contribution in [2.75, 3.05) is 26.2 Å². The summed E-state index contributed by atoms with van der Waals surface area (Å²) in [5, 5.41) is 6.70. The number of carbonyl (C=O) groups is 1. The summed E-state index contributed by atoms with van der Waals surface area (Å²) in [6.07, 6.45) is 9.88. The minimum atomic E-state index is 0. The number of likely N-dealkylation sites (tertiary alicyclic amines) is 1. The van der Waals surface area contributed by atoms with Crippen LogP contribution >= 0.6 is 12.4 Å². The van der Waals surface area contributed by atoms with Gasteiger partial charge in [-0.2, -0.15) is 0 Å². The molecule has 3 aliphatic heterocycles. The van der Waals surface area contributed by atoms with E-state index in [1.54, 1.807) is 0 Å². The zero-order valence-electron chi connectivity index (χ0n) is 14.0. The molecule has 0 aromatic rings. The summed E-state index contributed by atoms with van der Waals surface area (Å²) in [7, 11) is 0. The molecule has 23 heavy (non-hydrogen) atoms. The van der Waals surface area contributed by atoms with Crippen LogP contribution in [-0.4, -0.2) is 66.2 Å². The van der Waals surface area contributed by atoms with Crippen molar-refractivity contribution in [2.24, 2.45) is 0 Å². The molecule has 3 heterocycles. The Balaban J connectivity index is 0.00000156. The zero-order valence-corrected chi connectivity index (χ0v) is 14.8. The fraction of sp³-hybridized carbons (Fsp3) is 0.941. The first-order chi connectivity index (χ1) is 10.8. The van der Waals surface area contributed by atoms with Gasteiger partial charge in [-0.15, -0.1) is 12.4 Å². The monoisotopic (exact) mass is 342 g/mol. The first kappa shape index (κ1) is 17.3. The van der Waals surface area contributed by atoms with E-state index in [2.05, 4.69) is 20.4 Å². The van der Waals surface area contributed by atoms with Crippen LogP contribution in [0.3, 0.4) is 0 Å². The van der Waals surface area contributed by atoms with Gasteiger partial charge < -0.3 is 20.4 Å². The molecule has 2 unspecified atom stereocenters. The molecule has 0 bridgehead atoms. The Kier molecular flexibility index (Phi) is 5.70. The van der Waals surface area contributed by atoms with Gasteiger partial charge >= 0.3 is 6.03 Å². The lowest BCUT2D eigenvalue weighted by atomic mass is 9.89. The molecule has 6 heteroatoms. The normalized spacial score (nSPS) is 33.9. The first-order valence-corrected chi connectivity index (χ1v) is 9.36. The van der Waals surface area contributed by atoms with E-state index in [0.29, 0.717) is 18.1 Å². The molecule has 2 atom stereocenters. The van der Waals surface area contributed by atoms with Crippen molar-refractivity contribution in [1.82, 2.24) is 20.4 Å². The Hall–Kier alpha value is -0.520. The SMILES string of the molecule is Cl.O=C1NC2CCCCC2N1C1CCN(C2CCNCC2)CC1. The quantitative estimate of drug-likeness (QED) is 0.806. The number of halogens is 1. The molecule has 5 nitrogen and oxygen atoms in total. The molecule has 0 spiro atoms. The molecule has 2 amide bonds. The second-order valence-corrected chi connectivity index (χ2v) is 7.56. The van der Waals surface area contributed by atoms with E-state index in [1.165, 1.54) is 77.5 Å². The molecule has 0 aromatic carbocycles. The Bertz CT molecular complexity index is 407. The van der Waals surface area contributed by atoms with Crippen molar-refractivity contribution in [3.63, 3.8) is 0 Å². The molecule has 1 aliphatic carbocycles. The molecule has 0 radical (unpaired) electrons. The van der Waals surface area contributed by atoms with Gasteiger partial charge in [0.2, 0.25) is 0 Å². The van der Waals surface area contributed by atoms with Crippen LogP contribution in [-0.2, 0) is 0 Å². The highest BCUT2D eigenvalue weighted by Gasteiger charge is 2.44. The number of hydrogen-bond donors (Lipinski definition) is 2.